The normalized spacial score (nSPS) is 12.1. The lowest BCUT2D eigenvalue weighted by atomic mass is 10.0. The van der Waals surface area contributed by atoms with Crippen LogP contribution in [0, 0.1) is 5.92 Å². The van der Waals surface area contributed by atoms with Gasteiger partial charge in [0.2, 0.25) is 5.91 Å². The van der Waals surface area contributed by atoms with Crippen molar-refractivity contribution in [3.8, 4) is 11.3 Å². The Hall–Kier alpha value is -2.63. The molecule has 0 fully saturated rings. The maximum absolute atomic E-state index is 11.9. The summed E-state index contributed by atoms with van der Waals surface area (Å²) in [5.74, 6) is -0.0393. The molecule has 2 N–H and O–H groups in total. The van der Waals surface area contributed by atoms with Crippen LogP contribution >= 0.6 is 0 Å². The van der Waals surface area contributed by atoms with Crippen LogP contribution in [0.3, 0.4) is 0 Å². The molecule has 0 spiro atoms. The molecule has 1 amide bonds. The number of benzene rings is 1. The van der Waals surface area contributed by atoms with Gasteiger partial charge in [-0.2, -0.15) is 0 Å². The van der Waals surface area contributed by atoms with Gasteiger partial charge in [-0.3, -0.25) is 4.79 Å². The molecule has 6 heteroatoms. The van der Waals surface area contributed by atoms with E-state index in [0.29, 0.717) is 24.5 Å². The molecule has 0 aliphatic rings. The van der Waals surface area contributed by atoms with E-state index in [4.69, 9.17) is 9.52 Å². The van der Waals surface area contributed by atoms with E-state index in [0.717, 1.165) is 5.56 Å². The van der Waals surface area contributed by atoms with Crippen molar-refractivity contribution in [1.29, 1.82) is 0 Å². The fourth-order valence-corrected chi connectivity index (χ4v) is 2.34. The third kappa shape index (κ3) is 5.22. The van der Waals surface area contributed by atoms with Crippen LogP contribution in [-0.2, 0) is 16.0 Å². The van der Waals surface area contributed by atoms with E-state index < -0.39 is 12.0 Å². The Balaban J connectivity index is 1.88. The Morgan fingerprint density at radius 1 is 1.25 bits per heavy atom. The van der Waals surface area contributed by atoms with Crippen molar-refractivity contribution < 1.29 is 19.1 Å². The first-order valence-electron chi connectivity index (χ1n) is 7.98. The number of hydrogen-bond donors (Lipinski definition) is 2. The fraction of sp³-hybridized carbons (Fsp3) is 0.389. The van der Waals surface area contributed by atoms with E-state index in [9.17, 15) is 9.59 Å². The van der Waals surface area contributed by atoms with Crippen LogP contribution in [0.2, 0.25) is 0 Å². The van der Waals surface area contributed by atoms with Gasteiger partial charge in [0, 0.05) is 18.4 Å². The number of hydrogen-bond acceptors (Lipinski definition) is 4. The minimum absolute atomic E-state index is 0.136. The highest BCUT2D eigenvalue weighted by Gasteiger charge is 2.21. The summed E-state index contributed by atoms with van der Waals surface area (Å²) in [5.41, 5.74) is 0.920. The van der Waals surface area contributed by atoms with Crippen LogP contribution < -0.4 is 5.32 Å². The molecule has 0 saturated heterocycles. The molecule has 0 saturated carbocycles. The highest BCUT2D eigenvalue weighted by atomic mass is 16.4. The van der Waals surface area contributed by atoms with Crippen LogP contribution in [0.4, 0.5) is 0 Å². The topological polar surface area (TPSA) is 92.4 Å². The van der Waals surface area contributed by atoms with Gasteiger partial charge in [0.05, 0.1) is 6.20 Å². The number of amides is 1. The zero-order valence-corrected chi connectivity index (χ0v) is 13.9. The summed E-state index contributed by atoms with van der Waals surface area (Å²) in [6.45, 7) is 3.83. The molecule has 2 aromatic rings. The number of aryl methyl sites for hydroxylation is 1. The number of rotatable bonds is 8. The average Bonchev–Trinajstić information content (AvgIpc) is 3.01. The second-order valence-corrected chi connectivity index (χ2v) is 6.07. The van der Waals surface area contributed by atoms with Gasteiger partial charge in [-0.25, -0.2) is 9.78 Å². The van der Waals surface area contributed by atoms with Crippen molar-refractivity contribution >= 4 is 11.9 Å². The molecular formula is C18H22N2O4. The molecule has 1 aromatic heterocycles. The standard InChI is InChI=1S/C18H22N2O4/c1-12(2)10-14(18(22)23)20-16(21)8-9-17-19-11-15(24-17)13-6-4-3-5-7-13/h3-7,11-12,14H,8-10H2,1-2H3,(H,20,21)(H,22,23)/t14-/m0/s1. The summed E-state index contributed by atoms with van der Waals surface area (Å²) in [5, 5.41) is 11.7. The van der Waals surface area contributed by atoms with Crippen molar-refractivity contribution in [2.75, 3.05) is 0 Å². The second-order valence-electron chi connectivity index (χ2n) is 6.07. The number of nitrogens with zero attached hydrogens (tertiary/aromatic N) is 1. The van der Waals surface area contributed by atoms with Gasteiger partial charge in [-0.15, -0.1) is 0 Å². The Labute approximate surface area is 140 Å². The Kier molecular flexibility index (Phi) is 6.12. The van der Waals surface area contributed by atoms with Gasteiger partial charge in [-0.1, -0.05) is 44.2 Å². The van der Waals surface area contributed by atoms with Gasteiger partial charge in [-0.05, 0) is 12.3 Å². The molecular weight excluding hydrogens is 308 g/mol. The van der Waals surface area contributed by atoms with Crippen molar-refractivity contribution in [3.63, 3.8) is 0 Å². The van der Waals surface area contributed by atoms with Gasteiger partial charge in [0.1, 0.15) is 6.04 Å². The van der Waals surface area contributed by atoms with Crippen molar-refractivity contribution in [3.05, 3.63) is 42.4 Å². The van der Waals surface area contributed by atoms with Crippen molar-refractivity contribution in [1.82, 2.24) is 10.3 Å². The molecule has 1 atom stereocenters. The summed E-state index contributed by atoms with van der Waals surface area (Å²) in [6, 6.07) is 8.71. The van der Waals surface area contributed by atoms with Gasteiger partial charge in [0.25, 0.3) is 0 Å². The molecule has 24 heavy (non-hydrogen) atoms. The highest BCUT2D eigenvalue weighted by molar-refractivity contribution is 5.83. The zero-order chi connectivity index (χ0) is 17.5. The third-order valence-electron chi connectivity index (χ3n) is 3.52. The molecule has 128 valence electrons. The predicted molar refractivity (Wildman–Crippen MR) is 89.3 cm³/mol. The molecule has 0 aliphatic carbocycles. The Bertz CT molecular complexity index is 679. The molecule has 1 heterocycles. The van der Waals surface area contributed by atoms with Crippen molar-refractivity contribution in [2.24, 2.45) is 5.92 Å². The van der Waals surface area contributed by atoms with Crippen molar-refractivity contribution in [2.45, 2.75) is 39.2 Å². The molecule has 0 bridgehead atoms. The van der Waals surface area contributed by atoms with E-state index >= 15 is 0 Å². The minimum atomic E-state index is -1.01. The van der Waals surface area contributed by atoms with Crippen LogP contribution in [0.25, 0.3) is 11.3 Å². The summed E-state index contributed by atoms with van der Waals surface area (Å²) in [4.78, 5) is 27.3. The monoisotopic (exact) mass is 330 g/mol. The predicted octanol–water partition coefficient (Wildman–Crippen LogP) is 2.89. The van der Waals surface area contributed by atoms with Gasteiger partial charge < -0.3 is 14.8 Å². The van der Waals surface area contributed by atoms with Crippen LogP contribution in [-0.4, -0.2) is 28.0 Å². The van der Waals surface area contributed by atoms with Crippen LogP contribution in [0.5, 0.6) is 0 Å². The first-order valence-corrected chi connectivity index (χ1v) is 7.98. The summed E-state index contributed by atoms with van der Waals surface area (Å²) < 4.78 is 5.63. The first-order chi connectivity index (χ1) is 11.5. The molecule has 6 nitrogen and oxygen atoms in total. The lowest BCUT2D eigenvalue weighted by Gasteiger charge is -2.16. The van der Waals surface area contributed by atoms with Gasteiger partial charge >= 0.3 is 5.97 Å². The number of aromatic nitrogens is 1. The maximum atomic E-state index is 11.9. The van der Waals surface area contributed by atoms with E-state index in [1.54, 1.807) is 6.20 Å². The first kappa shape index (κ1) is 17.7. The summed E-state index contributed by atoms with van der Waals surface area (Å²) in [6.07, 6.45) is 2.49. The SMILES string of the molecule is CC(C)C[C@H](NC(=O)CCc1ncc(-c2ccccc2)o1)C(=O)O. The average molecular weight is 330 g/mol. The largest absolute Gasteiger partial charge is 0.480 e. The fourth-order valence-electron chi connectivity index (χ4n) is 2.34. The van der Waals surface area contributed by atoms with Crippen LogP contribution in [0.1, 0.15) is 32.6 Å². The summed E-state index contributed by atoms with van der Waals surface area (Å²) in [7, 11) is 0. The number of carboxylic acid groups (broad SMARTS) is 1. The minimum Gasteiger partial charge on any atom is -0.480 e. The lowest BCUT2D eigenvalue weighted by molar-refractivity contribution is -0.142. The third-order valence-corrected chi connectivity index (χ3v) is 3.52. The molecule has 2 rings (SSSR count). The number of oxazole rings is 1. The summed E-state index contributed by atoms with van der Waals surface area (Å²) >= 11 is 0. The zero-order valence-electron chi connectivity index (χ0n) is 13.9. The number of carbonyl (C=O) groups excluding carboxylic acids is 1. The smallest absolute Gasteiger partial charge is 0.326 e. The lowest BCUT2D eigenvalue weighted by Crippen LogP contribution is -2.41. The number of carboxylic acids is 1. The number of aliphatic carboxylic acids is 1. The highest BCUT2D eigenvalue weighted by Crippen LogP contribution is 2.20. The van der Waals surface area contributed by atoms with E-state index in [-0.39, 0.29) is 18.2 Å². The number of nitrogens with one attached hydrogen (secondary N) is 1. The molecule has 0 aliphatic heterocycles. The van der Waals surface area contributed by atoms with E-state index in [1.807, 2.05) is 44.2 Å². The van der Waals surface area contributed by atoms with Gasteiger partial charge in [0.15, 0.2) is 11.7 Å². The van der Waals surface area contributed by atoms with Crippen LogP contribution in [0.15, 0.2) is 40.9 Å². The quantitative estimate of drug-likeness (QED) is 0.776. The molecule has 0 unspecified atom stereocenters. The Morgan fingerprint density at radius 3 is 2.58 bits per heavy atom. The number of carbonyl (C=O) groups is 2. The second kappa shape index (κ2) is 8.29. The Morgan fingerprint density at radius 2 is 1.96 bits per heavy atom. The molecule has 1 aromatic carbocycles. The van der Waals surface area contributed by atoms with E-state index in [1.165, 1.54) is 0 Å². The maximum Gasteiger partial charge on any atom is 0.326 e. The van der Waals surface area contributed by atoms with E-state index in [2.05, 4.69) is 10.3 Å². The molecule has 0 radical (unpaired) electrons.